The predicted octanol–water partition coefficient (Wildman–Crippen LogP) is 2.41. The summed E-state index contributed by atoms with van der Waals surface area (Å²) in [6.07, 6.45) is 0. The van der Waals surface area contributed by atoms with E-state index < -0.39 is 0 Å². The summed E-state index contributed by atoms with van der Waals surface area (Å²) in [5, 5.41) is 10.1. The van der Waals surface area contributed by atoms with E-state index in [9.17, 15) is 9.90 Å². The third-order valence-corrected chi connectivity index (χ3v) is 3.33. The smallest absolute Gasteiger partial charge is 0.266 e. The molecule has 0 bridgehead atoms. The maximum atomic E-state index is 12.7. The fourth-order valence-electron chi connectivity index (χ4n) is 2.34. The number of hydrogen-bond acceptors (Lipinski definition) is 4. The second-order valence-corrected chi connectivity index (χ2v) is 4.70. The van der Waals surface area contributed by atoms with Gasteiger partial charge in [0.05, 0.1) is 23.7 Å². The topological polar surface area (TPSA) is 64.3 Å². The summed E-state index contributed by atoms with van der Waals surface area (Å²) in [6, 6.07) is 11.7. The van der Waals surface area contributed by atoms with E-state index in [-0.39, 0.29) is 11.3 Å². The van der Waals surface area contributed by atoms with Crippen LogP contribution in [0.5, 0.6) is 11.5 Å². The Labute approximate surface area is 121 Å². The molecule has 21 heavy (non-hydrogen) atoms. The van der Waals surface area contributed by atoms with Crippen LogP contribution in [-0.4, -0.2) is 21.8 Å². The molecule has 0 saturated carbocycles. The molecule has 1 heterocycles. The number of rotatable bonds is 2. The van der Waals surface area contributed by atoms with Crippen LogP contribution in [0.1, 0.15) is 5.82 Å². The van der Waals surface area contributed by atoms with Crippen molar-refractivity contribution in [1.29, 1.82) is 0 Å². The van der Waals surface area contributed by atoms with Crippen molar-refractivity contribution in [3.63, 3.8) is 0 Å². The van der Waals surface area contributed by atoms with Gasteiger partial charge in [-0.1, -0.05) is 6.07 Å². The van der Waals surface area contributed by atoms with Crippen LogP contribution < -0.4 is 10.3 Å². The van der Waals surface area contributed by atoms with Crippen LogP contribution in [0.4, 0.5) is 0 Å². The molecule has 0 spiro atoms. The summed E-state index contributed by atoms with van der Waals surface area (Å²) in [6.45, 7) is 1.76. The number of nitrogens with zero attached hydrogens (tertiary/aromatic N) is 2. The summed E-state index contributed by atoms with van der Waals surface area (Å²) in [4.78, 5) is 17.2. The molecule has 0 unspecified atom stereocenters. The van der Waals surface area contributed by atoms with Crippen molar-refractivity contribution in [3.05, 3.63) is 58.6 Å². The molecule has 2 aromatic carbocycles. The van der Waals surface area contributed by atoms with Gasteiger partial charge >= 0.3 is 0 Å². The average molecular weight is 282 g/mol. The third kappa shape index (κ3) is 2.23. The molecule has 0 atom stereocenters. The van der Waals surface area contributed by atoms with Crippen molar-refractivity contribution in [2.75, 3.05) is 7.11 Å². The molecule has 0 aliphatic heterocycles. The minimum atomic E-state index is -0.193. The van der Waals surface area contributed by atoms with Gasteiger partial charge in [0.15, 0.2) is 0 Å². The summed E-state index contributed by atoms with van der Waals surface area (Å²) in [5.74, 6) is 1.26. The Morgan fingerprint density at radius 1 is 1.19 bits per heavy atom. The van der Waals surface area contributed by atoms with Gasteiger partial charge in [-0.15, -0.1) is 0 Å². The number of phenols is 1. The molecule has 106 valence electrons. The number of methoxy groups -OCH3 is 1. The molecule has 0 radical (unpaired) electrons. The van der Waals surface area contributed by atoms with Crippen molar-refractivity contribution < 1.29 is 9.84 Å². The van der Waals surface area contributed by atoms with Gasteiger partial charge in [0.2, 0.25) is 0 Å². The minimum absolute atomic E-state index is 0.101. The Morgan fingerprint density at radius 2 is 2.00 bits per heavy atom. The Bertz CT molecular complexity index is 884. The molecule has 0 amide bonds. The lowest BCUT2D eigenvalue weighted by Crippen LogP contribution is -2.22. The lowest BCUT2D eigenvalue weighted by atomic mass is 10.2. The van der Waals surface area contributed by atoms with Crippen LogP contribution in [0.25, 0.3) is 16.6 Å². The minimum Gasteiger partial charge on any atom is -0.508 e. The maximum Gasteiger partial charge on any atom is 0.266 e. The van der Waals surface area contributed by atoms with Gasteiger partial charge in [-0.2, -0.15) is 0 Å². The summed E-state index contributed by atoms with van der Waals surface area (Å²) < 4.78 is 6.63. The standard InChI is InChI=1S/C16H14N2O3/c1-10-17-15-7-6-13(21-2)9-14(15)16(20)18(10)11-4-3-5-12(19)8-11/h3-9,19H,1-2H3. The summed E-state index contributed by atoms with van der Waals surface area (Å²) in [5.41, 5.74) is 1.01. The molecule has 0 fully saturated rings. The van der Waals surface area contributed by atoms with E-state index in [0.29, 0.717) is 28.2 Å². The van der Waals surface area contributed by atoms with Gasteiger partial charge in [0.1, 0.15) is 17.3 Å². The molecular formula is C16H14N2O3. The molecule has 3 aromatic rings. The fourth-order valence-corrected chi connectivity index (χ4v) is 2.34. The van der Waals surface area contributed by atoms with Crippen LogP contribution >= 0.6 is 0 Å². The number of fused-ring (bicyclic) bond motifs is 1. The van der Waals surface area contributed by atoms with Crippen molar-refractivity contribution in [3.8, 4) is 17.2 Å². The highest BCUT2D eigenvalue weighted by molar-refractivity contribution is 5.79. The van der Waals surface area contributed by atoms with Gasteiger partial charge in [-0.3, -0.25) is 9.36 Å². The molecule has 0 aliphatic rings. The number of ether oxygens (including phenoxy) is 1. The average Bonchev–Trinajstić information content (AvgIpc) is 2.47. The number of benzene rings is 2. The van der Waals surface area contributed by atoms with E-state index in [1.54, 1.807) is 50.4 Å². The second-order valence-electron chi connectivity index (χ2n) is 4.70. The lowest BCUT2D eigenvalue weighted by molar-refractivity contribution is 0.415. The van der Waals surface area contributed by atoms with Crippen molar-refractivity contribution in [2.45, 2.75) is 6.92 Å². The Kier molecular flexibility index (Phi) is 3.10. The third-order valence-electron chi connectivity index (χ3n) is 3.33. The SMILES string of the molecule is COc1ccc2nc(C)n(-c3cccc(O)c3)c(=O)c2c1. The number of aromatic hydroxyl groups is 1. The highest BCUT2D eigenvalue weighted by Crippen LogP contribution is 2.19. The Hall–Kier alpha value is -2.82. The van der Waals surface area contributed by atoms with Gasteiger partial charge in [-0.05, 0) is 37.3 Å². The summed E-state index contributed by atoms with van der Waals surface area (Å²) in [7, 11) is 1.55. The zero-order chi connectivity index (χ0) is 15.0. The number of phenolic OH excluding ortho intramolecular Hbond substituents is 1. The molecule has 1 N–H and O–H groups in total. The molecule has 5 nitrogen and oxygen atoms in total. The first kappa shape index (κ1) is 13.2. The van der Waals surface area contributed by atoms with Crippen molar-refractivity contribution >= 4 is 10.9 Å². The Balaban J connectivity index is 2.35. The van der Waals surface area contributed by atoms with E-state index in [0.717, 1.165) is 0 Å². The number of hydrogen-bond donors (Lipinski definition) is 1. The highest BCUT2D eigenvalue weighted by atomic mass is 16.5. The predicted molar refractivity (Wildman–Crippen MR) is 80.3 cm³/mol. The highest BCUT2D eigenvalue weighted by Gasteiger charge is 2.11. The normalized spacial score (nSPS) is 10.8. The molecule has 3 rings (SSSR count). The molecule has 0 saturated heterocycles. The summed E-state index contributed by atoms with van der Waals surface area (Å²) >= 11 is 0. The lowest BCUT2D eigenvalue weighted by Gasteiger charge is -2.11. The number of aryl methyl sites for hydroxylation is 1. The first-order chi connectivity index (χ1) is 10.1. The van der Waals surface area contributed by atoms with Gasteiger partial charge in [0, 0.05) is 6.07 Å². The molecular weight excluding hydrogens is 268 g/mol. The first-order valence-electron chi connectivity index (χ1n) is 6.47. The van der Waals surface area contributed by atoms with E-state index in [2.05, 4.69) is 4.98 Å². The molecule has 1 aromatic heterocycles. The van der Waals surface area contributed by atoms with Crippen LogP contribution in [0, 0.1) is 6.92 Å². The molecule has 0 aliphatic carbocycles. The van der Waals surface area contributed by atoms with Gasteiger partial charge < -0.3 is 9.84 Å². The zero-order valence-corrected chi connectivity index (χ0v) is 11.7. The van der Waals surface area contributed by atoms with E-state index in [1.807, 2.05) is 0 Å². The van der Waals surface area contributed by atoms with E-state index in [1.165, 1.54) is 10.6 Å². The van der Waals surface area contributed by atoms with E-state index in [4.69, 9.17) is 4.74 Å². The maximum absolute atomic E-state index is 12.7. The van der Waals surface area contributed by atoms with Gasteiger partial charge in [-0.25, -0.2) is 4.98 Å². The largest absolute Gasteiger partial charge is 0.508 e. The van der Waals surface area contributed by atoms with Crippen molar-refractivity contribution in [2.24, 2.45) is 0 Å². The number of aromatic nitrogens is 2. The van der Waals surface area contributed by atoms with Crippen LogP contribution in [0.15, 0.2) is 47.3 Å². The quantitative estimate of drug-likeness (QED) is 0.784. The van der Waals surface area contributed by atoms with Crippen LogP contribution in [-0.2, 0) is 0 Å². The monoisotopic (exact) mass is 282 g/mol. The zero-order valence-electron chi connectivity index (χ0n) is 11.7. The van der Waals surface area contributed by atoms with Gasteiger partial charge in [0.25, 0.3) is 5.56 Å². The first-order valence-corrected chi connectivity index (χ1v) is 6.47. The second kappa shape index (κ2) is 4.94. The fraction of sp³-hybridized carbons (Fsp3) is 0.125. The van der Waals surface area contributed by atoms with E-state index >= 15 is 0 Å². The van der Waals surface area contributed by atoms with Crippen LogP contribution in [0.2, 0.25) is 0 Å². The Morgan fingerprint density at radius 3 is 2.71 bits per heavy atom. The molecule has 5 heteroatoms. The van der Waals surface area contributed by atoms with Crippen molar-refractivity contribution in [1.82, 2.24) is 9.55 Å². The van der Waals surface area contributed by atoms with Crippen LogP contribution in [0.3, 0.4) is 0 Å².